The highest BCUT2D eigenvalue weighted by molar-refractivity contribution is 6.42. The average molecular weight is 400 g/mol. The topological polar surface area (TPSA) is 72.2 Å². The number of carbonyl (C=O) groups is 1. The molecule has 3 aromatic rings. The van der Waals surface area contributed by atoms with Crippen molar-refractivity contribution in [3.63, 3.8) is 0 Å². The molecule has 0 saturated carbocycles. The van der Waals surface area contributed by atoms with Crippen molar-refractivity contribution < 1.29 is 4.79 Å². The van der Waals surface area contributed by atoms with E-state index in [1.165, 1.54) is 0 Å². The van der Waals surface area contributed by atoms with Crippen LogP contribution in [0, 0.1) is 5.92 Å². The molecule has 6 nitrogen and oxygen atoms in total. The Hall–Kier alpha value is -2.70. The molecule has 1 aromatic carbocycles. The van der Waals surface area contributed by atoms with Crippen LogP contribution in [0.1, 0.15) is 18.5 Å². The molecule has 0 spiro atoms. The lowest BCUT2D eigenvalue weighted by atomic mass is 9.87. The van der Waals surface area contributed by atoms with Crippen molar-refractivity contribution in [1.82, 2.24) is 14.8 Å². The number of nitrogens with one attached hydrogen (secondary N) is 1. The highest BCUT2D eigenvalue weighted by atomic mass is 35.5. The molecular weight excluding hydrogens is 385 g/mol. The van der Waals surface area contributed by atoms with E-state index in [1.807, 2.05) is 19.1 Å². The number of carbonyl (C=O) groups excluding carboxylic acids is 1. The van der Waals surface area contributed by atoms with Gasteiger partial charge in [0.2, 0.25) is 5.91 Å². The zero-order valence-corrected chi connectivity index (χ0v) is 15.8. The van der Waals surface area contributed by atoms with Gasteiger partial charge in [0, 0.05) is 18.0 Å². The lowest BCUT2D eigenvalue weighted by Gasteiger charge is -2.31. The minimum absolute atomic E-state index is 0.193. The summed E-state index contributed by atoms with van der Waals surface area (Å²) in [6.07, 6.45) is 4.91. The minimum Gasteiger partial charge on any atom is -0.324 e. The van der Waals surface area contributed by atoms with Crippen LogP contribution in [-0.4, -0.2) is 26.4 Å². The normalized spacial score (nSPS) is 18.6. The fourth-order valence-corrected chi connectivity index (χ4v) is 3.56. The van der Waals surface area contributed by atoms with Crippen LogP contribution in [0.15, 0.2) is 60.0 Å². The fraction of sp³-hybridized carbons (Fsp3) is 0.158. The van der Waals surface area contributed by atoms with Crippen LogP contribution in [-0.2, 0) is 4.79 Å². The summed E-state index contributed by atoms with van der Waals surface area (Å²) in [6, 6.07) is 10.3. The summed E-state index contributed by atoms with van der Waals surface area (Å²) in [5.74, 6) is -0.0645. The summed E-state index contributed by atoms with van der Waals surface area (Å²) in [4.78, 5) is 21.7. The first-order chi connectivity index (χ1) is 13.0. The Morgan fingerprint density at radius 1 is 1.15 bits per heavy atom. The van der Waals surface area contributed by atoms with Crippen molar-refractivity contribution in [2.75, 3.05) is 5.32 Å². The maximum Gasteiger partial charge on any atom is 0.235 e. The number of fused-ring (bicyclic) bond motifs is 1. The number of nitrogens with zero attached hydrogens (tertiary/aromatic N) is 4. The average Bonchev–Trinajstić information content (AvgIpc) is 3.11. The summed E-state index contributed by atoms with van der Waals surface area (Å²) < 4.78 is 1.74. The molecule has 4 rings (SSSR count). The van der Waals surface area contributed by atoms with Gasteiger partial charge in [-0.1, -0.05) is 29.3 Å². The van der Waals surface area contributed by atoms with E-state index in [4.69, 9.17) is 23.2 Å². The van der Waals surface area contributed by atoms with E-state index in [2.05, 4.69) is 20.4 Å². The summed E-state index contributed by atoms with van der Waals surface area (Å²) in [7, 11) is 0. The molecule has 3 heterocycles. The second-order valence-electron chi connectivity index (χ2n) is 6.21. The minimum atomic E-state index is -0.560. The van der Waals surface area contributed by atoms with Gasteiger partial charge < -0.3 is 5.32 Å². The van der Waals surface area contributed by atoms with Gasteiger partial charge in [0.05, 0.1) is 34.2 Å². The van der Waals surface area contributed by atoms with Gasteiger partial charge in [0.1, 0.15) is 5.92 Å². The van der Waals surface area contributed by atoms with Crippen molar-refractivity contribution in [2.24, 2.45) is 10.9 Å². The molecule has 8 heteroatoms. The molecule has 2 aromatic heterocycles. The Kier molecular flexibility index (Phi) is 4.68. The molecular formula is C19H15Cl2N5O. The van der Waals surface area contributed by atoms with Gasteiger partial charge in [0.15, 0.2) is 5.82 Å². The number of pyridine rings is 1. The van der Waals surface area contributed by atoms with Gasteiger partial charge in [-0.05, 0) is 36.8 Å². The molecule has 1 aliphatic heterocycles. The van der Waals surface area contributed by atoms with E-state index in [1.54, 1.807) is 47.5 Å². The van der Waals surface area contributed by atoms with E-state index in [0.29, 0.717) is 27.3 Å². The third-order valence-corrected chi connectivity index (χ3v) is 5.21. The molecule has 1 amide bonds. The second-order valence-corrected chi connectivity index (χ2v) is 7.03. The zero-order valence-electron chi connectivity index (χ0n) is 14.3. The number of hydrogen-bond donors (Lipinski definition) is 1. The largest absolute Gasteiger partial charge is 0.324 e. The Morgan fingerprint density at radius 2 is 2.00 bits per heavy atom. The molecule has 0 radical (unpaired) electrons. The van der Waals surface area contributed by atoms with Crippen molar-refractivity contribution in [3.8, 4) is 0 Å². The molecule has 0 bridgehead atoms. The number of aromatic nitrogens is 3. The number of amides is 1. The molecule has 1 N–H and O–H groups in total. The maximum atomic E-state index is 13.1. The fourth-order valence-electron chi connectivity index (χ4n) is 3.25. The molecule has 0 saturated heterocycles. The first-order valence-corrected chi connectivity index (χ1v) is 9.05. The lowest BCUT2D eigenvalue weighted by Crippen LogP contribution is -2.39. The van der Waals surface area contributed by atoms with E-state index >= 15 is 0 Å². The summed E-state index contributed by atoms with van der Waals surface area (Å²) in [5, 5.41) is 8.17. The second kappa shape index (κ2) is 7.13. The Bertz CT molecular complexity index is 1030. The third-order valence-electron chi connectivity index (χ3n) is 4.47. The van der Waals surface area contributed by atoms with E-state index in [-0.39, 0.29) is 11.9 Å². The predicted octanol–water partition coefficient (Wildman–Crippen LogP) is 4.54. The monoisotopic (exact) mass is 399 g/mol. The van der Waals surface area contributed by atoms with Crippen LogP contribution in [0.4, 0.5) is 11.5 Å². The first kappa shape index (κ1) is 17.7. The smallest absolute Gasteiger partial charge is 0.235 e. The highest BCUT2D eigenvalue weighted by Crippen LogP contribution is 2.38. The Balaban J connectivity index is 1.77. The van der Waals surface area contributed by atoms with Crippen LogP contribution < -0.4 is 5.32 Å². The van der Waals surface area contributed by atoms with Gasteiger partial charge in [0.25, 0.3) is 0 Å². The molecule has 1 aliphatic rings. The van der Waals surface area contributed by atoms with Crippen LogP contribution in [0.2, 0.25) is 10.0 Å². The Labute approximate surface area is 165 Å². The van der Waals surface area contributed by atoms with Crippen LogP contribution in [0.3, 0.4) is 0 Å². The number of aliphatic imine (C=N–C) groups is 1. The van der Waals surface area contributed by atoms with Crippen molar-refractivity contribution in [3.05, 3.63) is 70.6 Å². The standard InChI is InChI=1S/C19H15Cl2N5O/c1-11-17(19(27)25-13-3-2-7-22-10-13)18(26-16(24-11)6-8-23-26)12-4-5-14(20)15(21)9-12/h2-10,17-18H,1H3,(H,25,27). The van der Waals surface area contributed by atoms with Gasteiger partial charge in [-0.25, -0.2) is 9.67 Å². The van der Waals surface area contributed by atoms with Gasteiger partial charge in [-0.3, -0.25) is 9.78 Å². The quantitative estimate of drug-likeness (QED) is 0.702. The van der Waals surface area contributed by atoms with Gasteiger partial charge >= 0.3 is 0 Å². The third kappa shape index (κ3) is 3.34. The summed E-state index contributed by atoms with van der Waals surface area (Å²) in [6.45, 7) is 1.84. The highest BCUT2D eigenvalue weighted by Gasteiger charge is 2.38. The summed E-state index contributed by atoms with van der Waals surface area (Å²) in [5.41, 5.74) is 2.14. The van der Waals surface area contributed by atoms with Crippen LogP contribution in [0.5, 0.6) is 0 Å². The number of halogens is 2. The molecule has 27 heavy (non-hydrogen) atoms. The zero-order chi connectivity index (χ0) is 19.0. The van der Waals surface area contributed by atoms with Crippen molar-refractivity contribution >= 4 is 46.3 Å². The van der Waals surface area contributed by atoms with Gasteiger partial charge in [-0.15, -0.1) is 0 Å². The van der Waals surface area contributed by atoms with Gasteiger partial charge in [-0.2, -0.15) is 5.10 Å². The molecule has 2 unspecified atom stereocenters. The maximum absolute atomic E-state index is 13.1. The van der Waals surface area contributed by atoms with E-state index in [0.717, 1.165) is 5.56 Å². The molecule has 136 valence electrons. The van der Waals surface area contributed by atoms with E-state index < -0.39 is 5.92 Å². The van der Waals surface area contributed by atoms with Crippen molar-refractivity contribution in [1.29, 1.82) is 0 Å². The number of hydrogen-bond acceptors (Lipinski definition) is 4. The molecule has 0 fully saturated rings. The predicted molar refractivity (Wildman–Crippen MR) is 106 cm³/mol. The Morgan fingerprint density at radius 3 is 2.74 bits per heavy atom. The summed E-state index contributed by atoms with van der Waals surface area (Å²) >= 11 is 12.3. The number of rotatable bonds is 3. The molecule has 0 aliphatic carbocycles. The first-order valence-electron chi connectivity index (χ1n) is 8.29. The molecule has 2 atom stereocenters. The van der Waals surface area contributed by atoms with Crippen LogP contribution >= 0.6 is 23.2 Å². The number of anilines is 1. The number of benzene rings is 1. The van der Waals surface area contributed by atoms with Crippen LogP contribution in [0.25, 0.3) is 0 Å². The lowest BCUT2D eigenvalue weighted by molar-refractivity contribution is -0.118. The SMILES string of the molecule is CC1=Nc2ccnn2C(c2ccc(Cl)c(Cl)c2)C1C(=O)Nc1cccnc1. The van der Waals surface area contributed by atoms with Crippen molar-refractivity contribution in [2.45, 2.75) is 13.0 Å². The van der Waals surface area contributed by atoms with E-state index in [9.17, 15) is 4.79 Å².